The molecular weight excluding hydrogens is 264 g/mol. The average molecular weight is 280 g/mol. The number of methoxy groups -OCH3 is 1. The minimum Gasteiger partial charge on any atom is -0.493 e. The molecule has 0 bridgehead atoms. The van der Waals surface area contributed by atoms with Crippen molar-refractivity contribution in [2.75, 3.05) is 12.8 Å². The lowest BCUT2D eigenvalue weighted by Crippen LogP contribution is -1.94. The van der Waals surface area contributed by atoms with Crippen LogP contribution in [-0.2, 0) is 0 Å². The summed E-state index contributed by atoms with van der Waals surface area (Å²) < 4.78 is 11.3. The minimum absolute atomic E-state index is 0.605. The zero-order chi connectivity index (χ0) is 14.8. The van der Waals surface area contributed by atoms with Crippen LogP contribution >= 0.6 is 0 Å². The van der Waals surface area contributed by atoms with E-state index >= 15 is 0 Å². The molecule has 3 rings (SSSR count). The number of nitrogen functional groups attached to an aromatic ring is 1. The molecule has 0 amide bonds. The van der Waals surface area contributed by atoms with Gasteiger partial charge >= 0.3 is 0 Å². The van der Waals surface area contributed by atoms with Crippen LogP contribution in [0.3, 0.4) is 0 Å². The first-order valence-electron chi connectivity index (χ1n) is 6.65. The molecule has 0 aliphatic rings. The van der Waals surface area contributed by atoms with Crippen LogP contribution in [0.15, 0.2) is 48.5 Å². The first-order valence-corrected chi connectivity index (χ1v) is 6.65. The normalized spacial score (nSPS) is 10.6. The van der Waals surface area contributed by atoms with Gasteiger partial charge in [-0.15, -0.1) is 0 Å². The first kappa shape index (κ1) is 13.2. The monoisotopic (exact) mass is 280 g/mol. The highest BCUT2D eigenvalue weighted by molar-refractivity contribution is 5.85. The Kier molecular flexibility index (Phi) is 3.36. The topological polar surface area (TPSA) is 57.4 Å². The molecule has 0 saturated carbocycles. The van der Waals surface area contributed by atoms with E-state index in [0.29, 0.717) is 17.2 Å². The highest BCUT2D eigenvalue weighted by Gasteiger charge is 2.10. The summed E-state index contributed by atoms with van der Waals surface area (Å²) in [6.07, 6.45) is 0. The van der Waals surface area contributed by atoms with E-state index in [1.165, 1.54) is 0 Å². The molecule has 0 unspecified atom stereocenters. The smallest absolute Gasteiger partial charge is 0.169 e. The number of pyridine rings is 1. The summed E-state index contributed by atoms with van der Waals surface area (Å²) in [6, 6.07) is 15.1. The van der Waals surface area contributed by atoms with Gasteiger partial charge in [-0.1, -0.05) is 12.1 Å². The lowest BCUT2D eigenvalue weighted by Gasteiger charge is -2.13. The standard InChI is InChI=1S/C17H16N2O2/c1-11-9-16(13-5-3-4-6-14(13)19-11)21-15-8-7-12(18)10-17(15)20-2/h3-10H,18H2,1-2H3. The Morgan fingerprint density at radius 1 is 0.952 bits per heavy atom. The average Bonchev–Trinajstić information content (AvgIpc) is 2.48. The van der Waals surface area contributed by atoms with E-state index in [1.807, 2.05) is 37.3 Å². The summed E-state index contributed by atoms with van der Waals surface area (Å²) in [5, 5.41) is 0.960. The van der Waals surface area contributed by atoms with Crippen LogP contribution in [0, 0.1) is 6.92 Å². The molecule has 1 heterocycles. The van der Waals surface area contributed by atoms with Crippen LogP contribution in [0.2, 0.25) is 0 Å². The van der Waals surface area contributed by atoms with Crippen LogP contribution in [-0.4, -0.2) is 12.1 Å². The van der Waals surface area contributed by atoms with Crippen molar-refractivity contribution >= 4 is 16.6 Å². The van der Waals surface area contributed by atoms with Gasteiger partial charge in [0, 0.05) is 28.9 Å². The fourth-order valence-electron chi connectivity index (χ4n) is 2.24. The van der Waals surface area contributed by atoms with Crippen molar-refractivity contribution in [2.24, 2.45) is 0 Å². The van der Waals surface area contributed by atoms with Crippen LogP contribution in [0.5, 0.6) is 17.2 Å². The number of nitrogens with two attached hydrogens (primary N) is 1. The summed E-state index contributed by atoms with van der Waals surface area (Å²) >= 11 is 0. The maximum atomic E-state index is 6.03. The molecule has 2 N–H and O–H groups in total. The SMILES string of the molecule is COc1cc(N)ccc1Oc1cc(C)nc2ccccc12. The predicted molar refractivity (Wildman–Crippen MR) is 84.0 cm³/mol. The van der Waals surface area contributed by atoms with Crippen molar-refractivity contribution in [3.63, 3.8) is 0 Å². The number of ether oxygens (including phenoxy) is 2. The predicted octanol–water partition coefficient (Wildman–Crippen LogP) is 3.93. The number of hydrogen-bond acceptors (Lipinski definition) is 4. The molecule has 2 aromatic carbocycles. The Balaban J connectivity index is 2.10. The third-order valence-electron chi connectivity index (χ3n) is 3.21. The van der Waals surface area contributed by atoms with Gasteiger partial charge in [-0.2, -0.15) is 0 Å². The molecule has 0 saturated heterocycles. The van der Waals surface area contributed by atoms with Gasteiger partial charge < -0.3 is 15.2 Å². The van der Waals surface area contributed by atoms with Crippen molar-refractivity contribution < 1.29 is 9.47 Å². The van der Waals surface area contributed by atoms with E-state index in [9.17, 15) is 0 Å². The highest BCUT2D eigenvalue weighted by atomic mass is 16.5. The van der Waals surface area contributed by atoms with Crippen molar-refractivity contribution in [3.8, 4) is 17.2 Å². The molecule has 4 nitrogen and oxygen atoms in total. The van der Waals surface area contributed by atoms with Gasteiger partial charge in [-0.3, -0.25) is 4.98 Å². The van der Waals surface area contributed by atoms with E-state index in [1.54, 1.807) is 25.3 Å². The van der Waals surface area contributed by atoms with Crippen LogP contribution in [0.25, 0.3) is 10.9 Å². The van der Waals surface area contributed by atoms with Gasteiger partial charge in [0.25, 0.3) is 0 Å². The summed E-state index contributed by atoms with van der Waals surface area (Å²) in [4.78, 5) is 4.50. The Bertz CT molecular complexity index is 800. The highest BCUT2D eigenvalue weighted by Crippen LogP contribution is 2.36. The number of para-hydroxylation sites is 1. The zero-order valence-corrected chi connectivity index (χ0v) is 12.0. The Hall–Kier alpha value is -2.75. The molecule has 21 heavy (non-hydrogen) atoms. The lowest BCUT2D eigenvalue weighted by atomic mass is 10.2. The second-order valence-corrected chi connectivity index (χ2v) is 4.79. The molecule has 3 aromatic rings. The summed E-state index contributed by atoms with van der Waals surface area (Å²) in [7, 11) is 1.59. The molecule has 0 atom stereocenters. The molecule has 0 aliphatic heterocycles. The maximum Gasteiger partial charge on any atom is 0.169 e. The maximum absolute atomic E-state index is 6.03. The van der Waals surface area contributed by atoms with E-state index in [4.69, 9.17) is 15.2 Å². The Morgan fingerprint density at radius 3 is 2.57 bits per heavy atom. The molecule has 0 fully saturated rings. The fourth-order valence-corrected chi connectivity index (χ4v) is 2.24. The van der Waals surface area contributed by atoms with Crippen molar-refractivity contribution in [3.05, 3.63) is 54.2 Å². The van der Waals surface area contributed by atoms with Crippen molar-refractivity contribution in [1.82, 2.24) is 4.98 Å². The van der Waals surface area contributed by atoms with Crippen molar-refractivity contribution in [2.45, 2.75) is 6.92 Å². The Morgan fingerprint density at radius 2 is 1.76 bits per heavy atom. The third-order valence-corrected chi connectivity index (χ3v) is 3.21. The quantitative estimate of drug-likeness (QED) is 0.739. The number of aryl methyl sites for hydroxylation is 1. The van der Waals surface area contributed by atoms with Gasteiger partial charge in [-0.05, 0) is 31.2 Å². The fraction of sp³-hybridized carbons (Fsp3) is 0.118. The molecule has 0 radical (unpaired) electrons. The van der Waals surface area contributed by atoms with E-state index < -0.39 is 0 Å². The second kappa shape index (κ2) is 5.32. The number of hydrogen-bond donors (Lipinski definition) is 1. The van der Waals surface area contributed by atoms with E-state index in [0.717, 1.165) is 22.3 Å². The second-order valence-electron chi connectivity index (χ2n) is 4.79. The molecule has 4 heteroatoms. The largest absolute Gasteiger partial charge is 0.493 e. The van der Waals surface area contributed by atoms with E-state index in [-0.39, 0.29) is 0 Å². The molecule has 0 aliphatic carbocycles. The number of nitrogens with zero attached hydrogens (tertiary/aromatic N) is 1. The summed E-state index contributed by atoms with van der Waals surface area (Å²) in [5.41, 5.74) is 8.21. The van der Waals surface area contributed by atoms with Gasteiger partial charge in [0.05, 0.1) is 12.6 Å². The van der Waals surface area contributed by atoms with Gasteiger partial charge in [0.15, 0.2) is 11.5 Å². The molecule has 106 valence electrons. The minimum atomic E-state index is 0.605. The summed E-state index contributed by atoms with van der Waals surface area (Å²) in [6.45, 7) is 1.94. The van der Waals surface area contributed by atoms with Crippen LogP contribution in [0.4, 0.5) is 5.69 Å². The number of aromatic nitrogens is 1. The number of fused-ring (bicyclic) bond motifs is 1. The molecule has 0 spiro atoms. The first-order chi connectivity index (χ1) is 10.2. The Labute approximate surface area is 123 Å². The van der Waals surface area contributed by atoms with Crippen LogP contribution < -0.4 is 15.2 Å². The molecule has 1 aromatic heterocycles. The van der Waals surface area contributed by atoms with Gasteiger partial charge in [0.2, 0.25) is 0 Å². The van der Waals surface area contributed by atoms with E-state index in [2.05, 4.69) is 4.98 Å². The number of benzene rings is 2. The molecular formula is C17H16N2O2. The van der Waals surface area contributed by atoms with Crippen molar-refractivity contribution in [1.29, 1.82) is 0 Å². The van der Waals surface area contributed by atoms with Gasteiger partial charge in [0.1, 0.15) is 5.75 Å². The van der Waals surface area contributed by atoms with Crippen LogP contribution in [0.1, 0.15) is 5.69 Å². The third kappa shape index (κ3) is 2.60. The number of anilines is 1. The van der Waals surface area contributed by atoms with Gasteiger partial charge in [-0.25, -0.2) is 0 Å². The zero-order valence-electron chi connectivity index (χ0n) is 12.0. The lowest BCUT2D eigenvalue weighted by molar-refractivity contribution is 0.380. The summed E-state index contributed by atoms with van der Waals surface area (Å²) in [5.74, 6) is 1.98. The number of rotatable bonds is 3.